The van der Waals surface area contributed by atoms with Crippen molar-refractivity contribution in [1.82, 2.24) is 9.88 Å². The molecule has 1 aliphatic heterocycles. The van der Waals surface area contributed by atoms with Crippen molar-refractivity contribution in [2.24, 2.45) is 0 Å². The lowest BCUT2D eigenvalue weighted by Crippen LogP contribution is -2.34. The number of aromatic nitrogens is 1. The van der Waals surface area contributed by atoms with Gasteiger partial charge in [-0.1, -0.05) is 11.3 Å². The molecule has 0 radical (unpaired) electrons. The van der Waals surface area contributed by atoms with E-state index in [2.05, 4.69) is 4.98 Å². The Hall–Kier alpha value is -1.43. The third-order valence-electron chi connectivity index (χ3n) is 3.70. The van der Waals surface area contributed by atoms with Crippen molar-refractivity contribution < 1.29 is 9.59 Å². The molecule has 102 valence electrons. The highest BCUT2D eigenvalue weighted by molar-refractivity contribution is 7.17. The number of carbonyl (C=O) groups is 2. The monoisotopic (exact) mass is 279 g/mol. The molecule has 5 nitrogen and oxygen atoms in total. The zero-order valence-corrected chi connectivity index (χ0v) is 11.8. The van der Waals surface area contributed by atoms with E-state index >= 15 is 0 Å². The Labute approximate surface area is 116 Å². The fourth-order valence-electron chi connectivity index (χ4n) is 2.54. The lowest BCUT2D eigenvalue weighted by atomic mass is 10.0. The Morgan fingerprint density at radius 3 is 2.79 bits per heavy atom. The van der Waals surface area contributed by atoms with Crippen LogP contribution in [0.25, 0.3) is 0 Å². The van der Waals surface area contributed by atoms with Crippen molar-refractivity contribution in [3.63, 3.8) is 0 Å². The van der Waals surface area contributed by atoms with Gasteiger partial charge in [-0.25, -0.2) is 4.98 Å². The van der Waals surface area contributed by atoms with Gasteiger partial charge in [-0.15, -0.1) is 0 Å². The molecule has 0 unspecified atom stereocenters. The number of amides is 1. The predicted molar refractivity (Wildman–Crippen MR) is 73.8 cm³/mol. The minimum atomic E-state index is 0.122. The third-order valence-corrected chi connectivity index (χ3v) is 4.90. The predicted octanol–water partition coefficient (Wildman–Crippen LogP) is 1.33. The van der Waals surface area contributed by atoms with Crippen LogP contribution in [0.4, 0.5) is 5.13 Å². The summed E-state index contributed by atoms with van der Waals surface area (Å²) in [7, 11) is 1.84. The number of Topliss-reactive ketones (excluding diaryl/α,β-unsaturated/α-hetero) is 1. The van der Waals surface area contributed by atoms with Crippen LogP contribution in [0.3, 0.4) is 0 Å². The summed E-state index contributed by atoms with van der Waals surface area (Å²) in [5.74, 6) is 0.334. The first-order chi connectivity index (χ1) is 9.15. The van der Waals surface area contributed by atoms with Gasteiger partial charge in [0.2, 0.25) is 5.91 Å². The van der Waals surface area contributed by atoms with Gasteiger partial charge in [0.25, 0.3) is 0 Å². The molecule has 6 heteroatoms. The lowest BCUT2D eigenvalue weighted by molar-refractivity contribution is -0.127. The second-order valence-electron chi connectivity index (χ2n) is 5.14. The Bertz CT molecular complexity index is 526. The van der Waals surface area contributed by atoms with Gasteiger partial charge in [0.1, 0.15) is 0 Å². The average molecular weight is 279 g/mol. The smallest absolute Gasteiger partial charge is 0.241 e. The van der Waals surface area contributed by atoms with Crippen LogP contribution < -0.4 is 4.90 Å². The topological polar surface area (TPSA) is 53.5 Å². The van der Waals surface area contributed by atoms with E-state index in [1.54, 1.807) is 4.90 Å². The number of likely N-dealkylation sites (N-methyl/N-ethyl adjacent to an activating group) is 1. The fraction of sp³-hybridized carbons (Fsp3) is 0.615. The van der Waals surface area contributed by atoms with Crippen molar-refractivity contribution in [3.8, 4) is 0 Å². The van der Waals surface area contributed by atoms with Crippen molar-refractivity contribution in [2.45, 2.75) is 25.7 Å². The van der Waals surface area contributed by atoms with Gasteiger partial charge in [-0.3, -0.25) is 9.59 Å². The Kier molecular flexibility index (Phi) is 3.26. The molecule has 1 saturated heterocycles. The summed E-state index contributed by atoms with van der Waals surface area (Å²) < 4.78 is 0. The molecule has 0 saturated carbocycles. The Morgan fingerprint density at radius 2 is 2.00 bits per heavy atom. The fourth-order valence-corrected chi connectivity index (χ4v) is 3.65. The minimum absolute atomic E-state index is 0.122. The van der Waals surface area contributed by atoms with Gasteiger partial charge in [0.15, 0.2) is 10.9 Å². The summed E-state index contributed by atoms with van der Waals surface area (Å²) in [6.45, 7) is 1.99. The highest BCUT2D eigenvalue weighted by Gasteiger charge is 2.26. The quantitative estimate of drug-likeness (QED) is 0.778. The molecule has 0 aromatic carbocycles. The van der Waals surface area contributed by atoms with E-state index in [0.29, 0.717) is 13.0 Å². The Balaban J connectivity index is 1.86. The first-order valence-electron chi connectivity index (χ1n) is 6.67. The molecule has 1 aliphatic carbocycles. The number of anilines is 1. The number of ketones is 1. The molecule has 1 amide bonds. The van der Waals surface area contributed by atoms with E-state index in [-0.39, 0.29) is 11.7 Å². The van der Waals surface area contributed by atoms with Gasteiger partial charge in [-0.05, 0) is 19.3 Å². The lowest BCUT2D eigenvalue weighted by Gasteiger charge is -2.18. The Morgan fingerprint density at radius 1 is 1.16 bits per heavy atom. The molecule has 0 N–H and O–H groups in total. The number of rotatable bonds is 1. The SMILES string of the molecule is CN1CCCN(c2nc3c(s2)C(=O)CCC3)CC1=O. The summed E-state index contributed by atoms with van der Waals surface area (Å²) in [6, 6.07) is 0. The molecule has 1 aromatic heterocycles. The largest absolute Gasteiger partial charge is 0.344 e. The van der Waals surface area contributed by atoms with E-state index < -0.39 is 0 Å². The number of nitrogens with zero attached hydrogens (tertiary/aromatic N) is 3. The van der Waals surface area contributed by atoms with Crippen molar-refractivity contribution in [3.05, 3.63) is 10.6 Å². The molecule has 1 fully saturated rings. The zero-order chi connectivity index (χ0) is 13.4. The standard InChI is InChI=1S/C13H17N3O2S/c1-15-6-3-7-16(8-11(15)18)13-14-9-4-2-5-10(17)12(9)19-13/h2-8H2,1H3. The summed E-state index contributed by atoms with van der Waals surface area (Å²) in [5.41, 5.74) is 0.932. The summed E-state index contributed by atoms with van der Waals surface area (Å²) in [5, 5.41) is 0.837. The van der Waals surface area contributed by atoms with Gasteiger partial charge >= 0.3 is 0 Å². The van der Waals surface area contributed by atoms with Crippen molar-refractivity contribution in [2.75, 3.05) is 31.6 Å². The molecule has 3 rings (SSSR count). The number of hydrogen-bond donors (Lipinski definition) is 0. The first-order valence-corrected chi connectivity index (χ1v) is 7.48. The summed E-state index contributed by atoms with van der Waals surface area (Å²) >= 11 is 1.46. The van der Waals surface area contributed by atoms with Gasteiger partial charge < -0.3 is 9.80 Å². The number of thiazole rings is 1. The van der Waals surface area contributed by atoms with Crippen LogP contribution in [0, 0.1) is 0 Å². The van der Waals surface area contributed by atoms with Crippen LogP contribution in [0.2, 0.25) is 0 Å². The maximum absolute atomic E-state index is 11.9. The van der Waals surface area contributed by atoms with Crippen LogP contribution in [-0.2, 0) is 11.2 Å². The minimum Gasteiger partial charge on any atom is -0.344 e. The van der Waals surface area contributed by atoms with E-state index in [9.17, 15) is 9.59 Å². The molecule has 2 aliphatic rings. The van der Waals surface area contributed by atoms with Crippen LogP contribution in [-0.4, -0.2) is 48.3 Å². The van der Waals surface area contributed by atoms with Crippen molar-refractivity contribution in [1.29, 1.82) is 0 Å². The van der Waals surface area contributed by atoms with Gasteiger partial charge in [0.05, 0.1) is 17.1 Å². The van der Waals surface area contributed by atoms with Gasteiger partial charge in [0, 0.05) is 26.6 Å². The molecule has 0 atom stereocenters. The highest BCUT2D eigenvalue weighted by Crippen LogP contribution is 2.32. The molecular formula is C13H17N3O2S. The second kappa shape index (κ2) is 4.92. The third kappa shape index (κ3) is 2.36. The molecule has 1 aromatic rings. The van der Waals surface area contributed by atoms with Crippen molar-refractivity contribution >= 4 is 28.2 Å². The van der Waals surface area contributed by atoms with E-state index in [1.165, 1.54) is 11.3 Å². The zero-order valence-electron chi connectivity index (χ0n) is 11.0. The number of aryl methyl sites for hydroxylation is 1. The molecule has 19 heavy (non-hydrogen) atoms. The first kappa shape index (κ1) is 12.6. The molecule has 0 spiro atoms. The molecule has 0 bridgehead atoms. The maximum Gasteiger partial charge on any atom is 0.241 e. The van der Waals surface area contributed by atoms with E-state index in [0.717, 1.165) is 48.1 Å². The van der Waals surface area contributed by atoms with Crippen LogP contribution >= 0.6 is 11.3 Å². The number of carbonyl (C=O) groups excluding carboxylic acids is 2. The average Bonchev–Trinajstić information content (AvgIpc) is 2.75. The number of hydrogen-bond acceptors (Lipinski definition) is 5. The maximum atomic E-state index is 11.9. The van der Waals surface area contributed by atoms with Crippen LogP contribution in [0.1, 0.15) is 34.6 Å². The normalized spacial score (nSPS) is 20.5. The molecular weight excluding hydrogens is 262 g/mol. The number of fused-ring (bicyclic) bond motifs is 1. The highest BCUT2D eigenvalue weighted by atomic mass is 32.1. The second-order valence-corrected chi connectivity index (χ2v) is 6.12. The van der Waals surface area contributed by atoms with Crippen LogP contribution in [0.15, 0.2) is 0 Å². The molecule has 2 heterocycles. The van der Waals surface area contributed by atoms with Crippen LogP contribution in [0.5, 0.6) is 0 Å². The van der Waals surface area contributed by atoms with E-state index in [1.807, 2.05) is 11.9 Å². The van der Waals surface area contributed by atoms with Gasteiger partial charge in [-0.2, -0.15) is 0 Å². The van der Waals surface area contributed by atoms with E-state index in [4.69, 9.17) is 0 Å². The summed E-state index contributed by atoms with van der Waals surface area (Å²) in [6.07, 6.45) is 3.37. The summed E-state index contributed by atoms with van der Waals surface area (Å²) in [4.78, 5) is 32.9.